The van der Waals surface area contributed by atoms with Crippen LogP contribution >= 0.6 is 0 Å². The fourth-order valence-corrected chi connectivity index (χ4v) is 2.78. The van der Waals surface area contributed by atoms with Gasteiger partial charge in [-0.3, -0.25) is 4.90 Å². The third kappa shape index (κ3) is 2.99. The van der Waals surface area contributed by atoms with E-state index < -0.39 is 0 Å². The molecule has 0 saturated carbocycles. The summed E-state index contributed by atoms with van der Waals surface area (Å²) in [5.41, 5.74) is 4.55. The number of anilines is 3. The maximum Gasteiger partial charge on any atom is 0.138 e. The Hall–Kier alpha value is -2.94. The monoisotopic (exact) mass is 301 g/mol. The van der Waals surface area contributed by atoms with Crippen LogP contribution in [0.3, 0.4) is 0 Å². The van der Waals surface area contributed by atoms with E-state index in [9.17, 15) is 0 Å². The van der Waals surface area contributed by atoms with E-state index in [4.69, 9.17) is 0 Å². The third-order valence-electron chi connectivity index (χ3n) is 3.73. The van der Waals surface area contributed by atoms with Crippen molar-refractivity contribution in [2.24, 2.45) is 0 Å². The molecule has 114 valence electrons. The molecule has 0 unspecified atom stereocenters. The summed E-state index contributed by atoms with van der Waals surface area (Å²) in [5.74, 6) is 1.70. The van der Waals surface area contributed by atoms with Gasteiger partial charge in [0, 0.05) is 12.4 Å². The summed E-state index contributed by atoms with van der Waals surface area (Å²) in [6.07, 6.45) is 5.47. The highest BCUT2D eigenvalue weighted by atomic mass is 15.2. The van der Waals surface area contributed by atoms with Gasteiger partial charge in [0.15, 0.2) is 0 Å². The molecule has 23 heavy (non-hydrogen) atoms. The lowest BCUT2D eigenvalue weighted by Gasteiger charge is -2.26. The van der Waals surface area contributed by atoms with E-state index in [0.717, 1.165) is 34.0 Å². The molecule has 2 heterocycles. The lowest BCUT2D eigenvalue weighted by atomic mass is 10.0. The van der Waals surface area contributed by atoms with E-state index in [-0.39, 0.29) is 0 Å². The SMILES string of the molecule is C=Cc1cc(C)c(N(c2ccccn2)c2ccccn2)c(C)c1. The molecule has 0 N–H and O–H groups in total. The molecule has 0 spiro atoms. The lowest BCUT2D eigenvalue weighted by Crippen LogP contribution is -2.15. The van der Waals surface area contributed by atoms with Crippen LogP contribution in [0, 0.1) is 13.8 Å². The van der Waals surface area contributed by atoms with E-state index in [1.165, 1.54) is 0 Å². The Bertz CT molecular complexity index is 748. The highest BCUT2D eigenvalue weighted by Crippen LogP contribution is 2.36. The van der Waals surface area contributed by atoms with Crippen LogP contribution in [-0.4, -0.2) is 9.97 Å². The zero-order valence-electron chi connectivity index (χ0n) is 13.4. The van der Waals surface area contributed by atoms with Gasteiger partial charge < -0.3 is 0 Å². The molecule has 0 atom stereocenters. The first-order valence-electron chi connectivity index (χ1n) is 7.56. The summed E-state index contributed by atoms with van der Waals surface area (Å²) >= 11 is 0. The summed E-state index contributed by atoms with van der Waals surface area (Å²) in [5, 5.41) is 0. The molecule has 0 saturated heterocycles. The van der Waals surface area contributed by atoms with Crippen LogP contribution in [0.1, 0.15) is 16.7 Å². The molecule has 0 aliphatic heterocycles. The average molecular weight is 301 g/mol. The van der Waals surface area contributed by atoms with Gasteiger partial charge in [-0.15, -0.1) is 0 Å². The number of hydrogen-bond acceptors (Lipinski definition) is 3. The van der Waals surface area contributed by atoms with Crippen molar-refractivity contribution in [3.63, 3.8) is 0 Å². The van der Waals surface area contributed by atoms with Gasteiger partial charge in [-0.2, -0.15) is 0 Å². The van der Waals surface area contributed by atoms with Crippen molar-refractivity contribution < 1.29 is 0 Å². The Morgan fingerprint density at radius 2 is 1.39 bits per heavy atom. The van der Waals surface area contributed by atoms with Crippen molar-refractivity contribution in [3.8, 4) is 0 Å². The second kappa shape index (κ2) is 6.44. The normalized spacial score (nSPS) is 10.3. The predicted molar refractivity (Wildman–Crippen MR) is 96.3 cm³/mol. The van der Waals surface area contributed by atoms with Crippen molar-refractivity contribution in [1.82, 2.24) is 9.97 Å². The lowest BCUT2D eigenvalue weighted by molar-refractivity contribution is 1.10. The molecule has 0 aliphatic carbocycles. The van der Waals surface area contributed by atoms with Crippen molar-refractivity contribution >= 4 is 23.4 Å². The molecule has 0 fully saturated rings. The molecule has 0 amide bonds. The number of rotatable bonds is 4. The maximum atomic E-state index is 4.52. The second-order valence-corrected chi connectivity index (χ2v) is 5.42. The summed E-state index contributed by atoms with van der Waals surface area (Å²) in [7, 11) is 0. The van der Waals surface area contributed by atoms with Crippen LogP contribution in [-0.2, 0) is 0 Å². The molecule has 1 aromatic carbocycles. The van der Waals surface area contributed by atoms with Gasteiger partial charge in [0.25, 0.3) is 0 Å². The predicted octanol–water partition coefficient (Wildman–Crippen LogP) is 5.21. The summed E-state index contributed by atoms with van der Waals surface area (Å²) in [6.45, 7) is 8.08. The van der Waals surface area contributed by atoms with E-state index >= 15 is 0 Å². The smallest absolute Gasteiger partial charge is 0.138 e. The zero-order chi connectivity index (χ0) is 16.2. The van der Waals surface area contributed by atoms with Gasteiger partial charge in [0.05, 0.1) is 5.69 Å². The van der Waals surface area contributed by atoms with Gasteiger partial charge in [-0.25, -0.2) is 9.97 Å². The minimum Gasteiger partial charge on any atom is -0.278 e. The first-order valence-corrected chi connectivity index (χ1v) is 7.56. The molecule has 0 bridgehead atoms. The summed E-state index contributed by atoms with van der Waals surface area (Å²) < 4.78 is 0. The number of aromatic nitrogens is 2. The summed E-state index contributed by atoms with van der Waals surface area (Å²) in [6, 6.07) is 16.1. The maximum absolute atomic E-state index is 4.52. The zero-order valence-corrected chi connectivity index (χ0v) is 13.4. The van der Waals surface area contributed by atoms with E-state index in [1.54, 1.807) is 12.4 Å². The Labute approximate surface area is 137 Å². The minimum absolute atomic E-state index is 0.851. The van der Waals surface area contributed by atoms with Crippen LogP contribution in [0.25, 0.3) is 6.08 Å². The standard InChI is InChI=1S/C20H19N3/c1-4-17-13-15(2)20(16(3)14-17)23(18-9-5-7-11-21-18)19-10-6-8-12-22-19/h4-14H,1H2,2-3H3. The molecule has 3 nitrogen and oxygen atoms in total. The van der Waals surface area contributed by atoms with E-state index in [2.05, 4.69) is 47.4 Å². The molecule has 3 heteroatoms. The Morgan fingerprint density at radius 1 is 0.870 bits per heavy atom. The fourth-order valence-electron chi connectivity index (χ4n) is 2.78. The Morgan fingerprint density at radius 3 is 1.78 bits per heavy atom. The average Bonchev–Trinajstić information content (AvgIpc) is 2.59. The molecule has 0 radical (unpaired) electrons. The number of nitrogens with zero attached hydrogens (tertiary/aromatic N) is 3. The van der Waals surface area contributed by atoms with Crippen LogP contribution in [0.5, 0.6) is 0 Å². The van der Waals surface area contributed by atoms with Gasteiger partial charge in [0.2, 0.25) is 0 Å². The van der Waals surface area contributed by atoms with Gasteiger partial charge in [-0.05, 0) is 66.9 Å². The first-order chi connectivity index (χ1) is 11.2. The van der Waals surface area contributed by atoms with Gasteiger partial charge in [-0.1, -0.05) is 24.8 Å². The largest absolute Gasteiger partial charge is 0.278 e. The van der Waals surface area contributed by atoms with Crippen LogP contribution in [0.15, 0.2) is 67.5 Å². The van der Waals surface area contributed by atoms with Crippen molar-refractivity contribution in [2.45, 2.75) is 13.8 Å². The van der Waals surface area contributed by atoms with Gasteiger partial charge >= 0.3 is 0 Å². The van der Waals surface area contributed by atoms with Crippen molar-refractivity contribution in [2.75, 3.05) is 4.90 Å². The highest BCUT2D eigenvalue weighted by Gasteiger charge is 2.18. The number of pyridine rings is 2. The Balaban J connectivity index is 2.23. The number of aryl methyl sites for hydroxylation is 2. The molecular weight excluding hydrogens is 282 g/mol. The molecule has 2 aromatic heterocycles. The van der Waals surface area contributed by atoms with Crippen LogP contribution < -0.4 is 4.90 Å². The quantitative estimate of drug-likeness (QED) is 0.662. The van der Waals surface area contributed by atoms with Crippen LogP contribution in [0.2, 0.25) is 0 Å². The molecular formula is C20H19N3. The highest BCUT2D eigenvalue weighted by molar-refractivity contribution is 5.78. The molecule has 3 aromatic rings. The summed E-state index contributed by atoms with van der Waals surface area (Å²) in [4.78, 5) is 11.1. The first kappa shape index (κ1) is 15.0. The molecule has 0 aliphatic rings. The number of benzene rings is 1. The van der Waals surface area contributed by atoms with Gasteiger partial charge in [0.1, 0.15) is 11.6 Å². The second-order valence-electron chi connectivity index (χ2n) is 5.42. The van der Waals surface area contributed by atoms with Crippen molar-refractivity contribution in [3.05, 3.63) is 84.2 Å². The third-order valence-corrected chi connectivity index (χ3v) is 3.73. The Kier molecular flexibility index (Phi) is 4.20. The minimum atomic E-state index is 0.851. The molecule has 3 rings (SSSR count). The van der Waals surface area contributed by atoms with E-state index in [1.807, 2.05) is 42.5 Å². The van der Waals surface area contributed by atoms with E-state index in [0.29, 0.717) is 0 Å². The van der Waals surface area contributed by atoms with Crippen LogP contribution in [0.4, 0.5) is 17.3 Å². The topological polar surface area (TPSA) is 29.0 Å². The van der Waals surface area contributed by atoms with Crippen molar-refractivity contribution in [1.29, 1.82) is 0 Å². The fraction of sp³-hybridized carbons (Fsp3) is 0.100. The number of hydrogen-bond donors (Lipinski definition) is 0.